The Morgan fingerprint density at radius 2 is 2.20 bits per heavy atom. The number of pyridine rings is 1. The van der Waals surface area contributed by atoms with Gasteiger partial charge in [0.2, 0.25) is 10.0 Å². The Hall–Kier alpha value is -1.93. The summed E-state index contributed by atoms with van der Waals surface area (Å²) in [6, 6.07) is 3.10. The fourth-order valence-electron chi connectivity index (χ4n) is 1.76. The maximum Gasteiger partial charge on any atom is 0.244 e. The molecule has 0 spiro atoms. The molecule has 0 saturated heterocycles. The van der Waals surface area contributed by atoms with Gasteiger partial charge in [0.05, 0.1) is 12.7 Å². The maximum atomic E-state index is 12.2. The summed E-state index contributed by atoms with van der Waals surface area (Å²) >= 11 is 0. The zero-order valence-electron chi connectivity index (χ0n) is 11.4. The van der Waals surface area contributed by atoms with Gasteiger partial charge in [0.1, 0.15) is 10.7 Å². The number of nitrogens with one attached hydrogen (secondary N) is 2. The van der Waals surface area contributed by atoms with E-state index in [1.54, 1.807) is 24.0 Å². The van der Waals surface area contributed by atoms with Crippen LogP contribution < -0.4 is 10.0 Å². The minimum Gasteiger partial charge on any atom is -0.372 e. The third-order valence-corrected chi connectivity index (χ3v) is 4.18. The van der Waals surface area contributed by atoms with E-state index in [1.165, 1.54) is 12.3 Å². The standard InChI is InChI=1S/C12H17N5O2S/c1-10-8-15-17(9-10)7-6-16-20(18,19)11-4-3-5-14-12(11)13-2/h3-5,8-9,16H,6-7H2,1-2H3,(H,13,14). The lowest BCUT2D eigenvalue weighted by Crippen LogP contribution is -2.28. The number of aryl methyl sites for hydroxylation is 1. The van der Waals surface area contributed by atoms with Gasteiger partial charge in [-0.1, -0.05) is 0 Å². The van der Waals surface area contributed by atoms with Crippen LogP contribution in [0, 0.1) is 6.92 Å². The zero-order valence-corrected chi connectivity index (χ0v) is 12.2. The van der Waals surface area contributed by atoms with Gasteiger partial charge < -0.3 is 5.32 Å². The molecule has 0 unspecified atom stereocenters. The first kappa shape index (κ1) is 14.5. The highest BCUT2D eigenvalue weighted by Crippen LogP contribution is 2.16. The topological polar surface area (TPSA) is 88.9 Å². The normalized spacial score (nSPS) is 11.5. The van der Waals surface area contributed by atoms with Crippen molar-refractivity contribution in [3.8, 4) is 0 Å². The molecule has 8 heteroatoms. The average Bonchev–Trinajstić information content (AvgIpc) is 2.84. The molecule has 0 aliphatic heterocycles. The van der Waals surface area contributed by atoms with Crippen LogP contribution in [0.15, 0.2) is 35.6 Å². The highest BCUT2D eigenvalue weighted by molar-refractivity contribution is 7.89. The number of anilines is 1. The van der Waals surface area contributed by atoms with Crippen LogP contribution in [0.3, 0.4) is 0 Å². The summed E-state index contributed by atoms with van der Waals surface area (Å²) in [6.45, 7) is 2.67. The van der Waals surface area contributed by atoms with Gasteiger partial charge in [0.15, 0.2) is 0 Å². The summed E-state index contributed by atoms with van der Waals surface area (Å²) in [5.74, 6) is 0.329. The quantitative estimate of drug-likeness (QED) is 0.815. The Morgan fingerprint density at radius 3 is 2.85 bits per heavy atom. The van der Waals surface area contributed by atoms with Crippen molar-refractivity contribution >= 4 is 15.8 Å². The molecule has 2 aromatic heterocycles. The Kier molecular flexibility index (Phi) is 4.35. The van der Waals surface area contributed by atoms with E-state index in [0.717, 1.165) is 5.56 Å². The second-order valence-corrected chi connectivity index (χ2v) is 6.01. The summed E-state index contributed by atoms with van der Waals surface area (Å²) in [5.41, 5.74) is 1.04. The minimum absolute atomic E-state index is 0.138. The largest absolute Gasteiger partial charge is 0.372 e. The Morgan fingerprint density at radius 1 is 1.40 bits per heavy atom. The van der Waals surface area contributed by atoms with Crippen LogP contribution in [0.2, 0.25) is 0 Å². The van der Waals surface area contributed by atoms with E-state index < -0.39 is 10.0 Å². The second-order valence-electron chi connectivity index (χ2n) is 4.28. The molecule has 0 aliphatic carbocycles. The summed E-state index contributed by atoms with van der Waals surface area (Å²) in [4.78, 5) is 4.12. The van der Waals surface area contributed by atoms with Gasteiger partial charge in [-0.15, -0.1) is 0 Å². The summed E-state index contributed by atoms with van der Waals surface area (Å²) in [7, 11) is -1.95. The molecule has 20 heavy (non-hydrogen) atoms. The molecule has 0 aromatic carbocycles. The van der Waals surface area contributed by atoms with Crippen LogP contribution >= 0.6 is 0 Å². The molecule has 0 atom stereocenters. The lowest BCUT2D eigenvalue weighted by atomic mass is 10.4. The van der Waals surface area contributed by atoms with E-state index in [-0.39, 0.29) is 11.4 Å². The number of hydrogen-bond donors (Lipinski definition) is 2. The molecule has 0 saturated carbocycles. The predicted octanol–water partition coefficient (Wildman–Crippen LogP) is 0.607. The average molecular weight is 295 g/mol. The monoisotopic (exact) mass is 295 g/mol. The summed E-state index contributed by atoms with van der Waals surface area (Å²) < 4.78 is 28.6. The van der Waals surface area contributed by atoms with Gasteiger partial charge in [-0.3, -0.25) is 4.68 Å². The van der Waals surface area contributed by atoms with Gasteiger partial charge in [0.25, 0.3) is 0 Å². The second kappa shape index (κ2) is 6.02. The highest BCUT2D eigenvalue weighted by Gasteiger charge is 2.18. The Balaban J connectivity index is 2.04. The molecule has 2 heterocycles. The van der Waals surface area contributed by atoms with Gasteiger partial charge in [-0.05, 0) is 24.6 Å². The van der Waals surface area contributed by atoms with E-state index in [4.69, 9.17) is 0 Å². The van der Waals surface area contributed by atoms with Crippen LogP contribution in [0.4, 0.5) is 5.82 Å². The molecule has 2 aromatic rings. The fraction of sp³-hybridized carbons (Fsp3) is 0.333. The molecule has 0 aliphatic rings. The predicted molar refractivity (Wildman–Crippen MR) is 75.9 cm³/mol. The summed E-state index contributed by atoms with van der Waals surface area (Å²) in [5, 5.41) is 6.86. The number of sulfonamides is 1. The first-order valence-corrected chi connectivity index (χ1v) is 7.63. The van der Waals surface area contributed by atoms with Crippen molar-refractivity contribution in [2.24, 2.45) is 0 Å². The van der Waals surface area contributed by atoms with E-state index in [1.807, 2.05) is 13.1 Å². The Labute approximate surface area is 118 Å². The molecule has 2 rings (SSSR count). The van der Waals surface area contributed by atoms with E-state index in [2.05, 4.69) is 20.1 Å². The summed E-state index contributed by atoms with van der Waals surface area (Å²) in [6.07, 6.45) is 5.13. The van der Waals surface area contributed by atoms with Gasteiger partial charge >= 0.3 is 0 Å². The van der Waals surface area contributed by atoms with E-state index >= 15 is 0 Å². The van der Waals surface area contributed by atoms with E-state index in [0.29, 0.717) is 12.4 Å². The van der Waals surface area contributed by atoms with Crippen LogP contribution in [-0.4, -0.2) is 36.8 Å². The third-order valence-electron chi connectivity index (χ3n) is 2.69. The van der Waals surface area contributed by atoms with Crippen LogP contribution in [-0.2, 0) is 16.6 Å². The van der Waals surface area contributed by atoms with Crippen LogP contribution in [0.1, 0.15) is 5.56 Å². The molecule has 0 radical (unpaired) electrons. The smallest absolute Gasteiger partial charge is 0.244 e. The molecule has 2 N–H and O–H groups in total. The van der Waals surface area contributed by atoms with Gasteiger partial charge in [-0.25, -0.2) is 18.1 Å². The van der Waals surface area contributed by atoms with Crippen molar-refractivity contribution in [3.05, 3.63) is 36.3 Å². The number of rotatable bonds is 6. The first-order chi connectivity index (χ1) is 9.53. The first-order valence-electron chi connectivity index (χ1n) is 6.14. The number of aromatic nitrogens is 3. The van der Waals surface area contributed by atoms with Crippen molar-refractivity contribution < 1.29 is 8.42 Å². The zero-order chi connectivity index (χ0) is 14.6. The fourth-order valence-corrected chi connectivity index (χ4v) is 2.94. The molecule has 108 valence electrons. The van der Waals surface area contributed by atoms with Crippen molar-refractivity contribution in [3.63, 3.8) is 0 Å². The number of hydrogen-bond acceptors (Lipinski definition) is 5. The highest BCUT2D eigenvalue weighted by atomic mass is 32.2. The van der Waals surface area contributed by atoms with Crippen molar-refractivity contribution in [2.75, 3.05) is 18.9 Å². The van der Waals surface area contributed by atoms with E-state index in [9.17, 15) is 8.42 Å². The SMILES string of the molecule is CNc1ncccc1S(=O)(=O)NCCn1cc(C)cn1. The molecule has 7 nitrogen and oxygen atoms in total. The van der Waals surface area contributed by atoms with Gasteiger partial charge in [0, 0.05) is 26.0 Å². The molecule has 0 bridgehead atoms. The minimum atomic E-state index is -3.58. The van der Waals surface area contributed by atoms with Gasteiger partial charge in [-0.2, -0.15) is 5.10 Å². The van der Waals surface area contributed by atoms with Crippen molar-refractivity contribution in [2.45, 2.75) is 18.4 Å². The molecule has 0 amide bonds. The molecule has 0 fully saturated rings. The van der Waals surface area contributed by atoms with Crippen LogP contribution in [0.5, 0.6) is 0 Å². The maximum absolute atomic E-state index is 12.2. The lowest BCUT2D eigenvalue weighted by Gasteiger charge is -2.10. The van der Waals surface area contributed by atoms with Crippen LogP contribution in [0.25, 0.3) is 0 Å². The van der Waals surface area contributed by atoms with Crippen molar-refractivity contribution in [1.82, 2.24) is 19.5 Å². The Bertz CT molecular complexity index is 681. The third kappa shape index (κ3) is 3.34. The molecular weight excluding hydrogens is 278 g/mol. The molecular formula is C12H17N5O2S. The number of nitrogens with zero attached hydrogens (tertiary/aromatic N) is 3. The van der Waals surface area contributed by atoms with Crippen molar-refractivity contribution in [1.29, 1.82) is 0 Å². The lowest BCUT2D eigenvalue weighted by molar-refractivity contribution is 0.561.